The summed E-state index contributed by atoms with van der Waals surface area (Å²) in [4.78, 5) is 17.6. The highest BCUT2D eigenvalue weighted by molar-refractivity contribution is 7.90. The Morgan fingerprint density at radius 2 is 1.66 bits per heavy atom. The van der Waals surface area contributed by atoms with Gasteiger partial charge < -0.3 is 14.6 Å². The third kappa shape index (κ3) is 6.80. The van der Waals surface area contributed by atoms with Crippen LogP contribution in [0.3, 0.4) is 0 Å². The first-order valence-electron chi connectivity index (χ1n) is 12.5. The minimum Gasteiger partial charge on any atom is -0.491 e. The van der Waals surface area contributed by atoms with Gasteiger partial charge in [-0.3, -0.25) is 0 Å². The van der Waals surface area contributed by atoms with E-state index in [1.54, 1.807) is 31.3 Å². The average Bonchev–Trinajstić information content (AvgIpc) is 3.37. The zero-order valence-electron chi connectivity index (χ0n) is 21.7. The molecule has 8 nitrogen and oxygen atoms in total. The van der Waals surface area contributed by atoms with Crippen LogP contribution >= 0.6 is 0 Å². The summed E-state index contributed by atoms with van der Waals surface area (Å²) in [5, 5.41) is 2.85. The minimum atomic E-state index is -4.05. The third-order valence-corrected chi connectivity index (χ3v) is 7.44. The van der Waals surface area contributed by atoms with Crippen LogP contribution < -0.4 is 14.8 Å². The highest BCUT2D eigenvalue weighted by Crippen LogP contribution is 2.24. The second-order valence-corrected chi connectivity index (χ2v) is 10.9. The maximum atomic E-state index is 13.0. The van der Waals surface area contributed by atoms with Crippen molar-refractivity contribution in [3.8, 4) is 11.4 Å². The molecule has 0 fully saturated rings. The van der Waals surface area contributed by atoms with E-state index in [2.05, 4.69) is 15.0 Å². The number of ether oxygens (including phenoxy) is 1. The monoisotopic (exact) mass is 532 g/mol. The number of carbonyl (C=O) groups excluding carboxylic acids is 1. The van der Waals surface area contributed by atoms with E-state index >= 15 is 0 Å². The van der Waals surface area contributed by atoms with Gasteiger partial charge in [0.25, 0.3) is 10.0 Å². The van der Waals surface area contributed by atoms with Crippen LogP contribution in [0.4, 0.5) is 4.79 Å². The second-order valence-electron chi connectivity index (χ2n) is 9.24. The molecule has 4 rings (SSSR count). The van der Waals surface area contributed by atoms with Crippen LogP contribution in [0.25, 0.3) is 5.69 Å². The van der Waals surface area contributed by atoms with Gasteiger partial charge in [0.1, 0.15) is 11.6 Å². The molecule has 2 N–H and O–H groups in total. The minimum absolute atomic E-state index is 0.0567. The molecule has 0 aliphatic heterocycles. The fraction of sp³-hybridized carbons (Fsp3) is 0.241. The molecule has 1 atom stereocenters. The fourth-order valence-electron chi connectivity index (χ4n) is 4.19. The van der Waals surface area contributed by atoms with Crippen LogP contribution in [-0.4, -0.2) is 30.1 Å². The number of hydrogen-bond acceptors (Lipinski definition) is 5. The molecule has 38 heavy (non-hydrogen) atoms. The molecule has 0 saturated carbocycles. The number of nitrogens with zero attached hydrogens (tertiary/aromatic N) is 2. The number of hydrogen-bond donors (Lipinski definition) is 2. The Morgan fingerprint density at radius 1 is 0.974 bits per heavy atom. The molecule has 0 saturated heterocycles. The number of imidazole rings is 1. The van der Waals surface area contributed by atoms with Gasteiger partial charge in [-0.1, -0.05) is 48.5 Å². The van der Waals surface area contributed by atoms with Crippen LogP contribution in [-0.2, 0) is 16.4 Å². The summed E-state index contributed by atoms with van der Waals surface area (Å²) in [6.07, 6.45) is 4.70. The summed E-state index contributed by atoms with van der Waals surface area (Å²) in [7, 11) is -4.05. The number of nitrogens with one attached hydrogen (secondary N) is 2. The highest BCUT2D eigenvalue weighted by atomic mass is 32.2. The summed E-state index contributed by atoms with van der Waals surface area (Å²) in [6, 6.07) is 22.6. The second kappa shape index (κ2) is 12.0. The standard InChI is InChI=1S/C29H32N4O4S/c1-21(2)37-25-16-14-24(15-17-25)33-20-19-30-28(33)26(18-13-23-10-5-4-6-11-23)31-29(34)32-38(35,36)27-12-8-7-9-22(27)3/h4-12,14-17,19-21,26H,13,18H2,1-3H3,(H2,31,32,34)/t26-/m0/s1. The lowest BCUT2D eigenvalue weighted by Crippen LogP contribution is -2.42. The Hall–Kier alpha value is -4.11. The molecular formula is C29H32N4O4S. The number of rotatable bonds is 10. The summed E-state index contributed by atoms with van der Waals surface area (Å²) in [5.74, 6) is 1.34. The van der Waals surface area contributed by atoms with E-state index in [1.165, 1.54) is 6.07 Å². The smallest absolute Gasteiger partial charge is 0.329 e. The van der Waals surface area contributed by atoms with Gasteiger partial charge in [-0.15, -0.1) is 0 Å². The molecular weight excluding hydrogens is 500 g/mol. The normalized spacial score (nSPS) is 12.2. The highest BCUT2D eigenvalue weighted by Gasteiger charge is 2.24. The lowest BCUT2D eigenvalue weighted by atomic mass is 10.0. The summed E-state index contributed by atoms with van der Waals surface area (Å²) in [5.41, 5.74) is 2.49. The fourth-order valence-corrected chi connectivity index (χ4v) is 5.36. The number of benzene rings is 3. The number of urea groups is 1. The predicted octanol–water partition coefficient (Wildman–Crippen LogP) is 5.33. The molecule has 4 aromatic rings. The van der Waals surface area contributed by atoms with Gasteiger partial charge in [0.2, 0.25) is 0 Å². The van der Waals surface area contributed by atoms with Crippen LogP contribution in [0.2, 0.25) is 0 Å². The van der Waals surface area contributed by atoms with E-state index in [0.29, 0.717) is 24.2 Å². The van der Waals surface area contributed by atoms with E-state index in [0.717, 1.165) is 17.0 Å². The largest absolute Gasteiger partial charge is 0.491 e. The van der Waals surface area contributed by atoms with Gasteiger partial charge in [-0.25, -0.2) is 22.9 Å². The molecule has 0 radical (unpaired) electrons. The van der Waals surface area contributed by atoms with Gasteiger partial charge in [-0.05, 0) is 75.1 Å². The summed E-state index contributed by atoms with van der Waals surface area (Å²) < 4.78 is 35.6. The van der Waals surface area contributed by atoms with Gasteiger partial charge in [0.05, 0.1) is 17.0 Å². The Morgan fingerprint density at radius 3 is 2.34 bits per heavy atom. The van der Waals surface area contributed by atoms with Gasteiger partial charge >= 0.3 is 6.03 Å². The molecule has 0 bridgehead atoms. The molecule has 0 aliphatic carbocycles. The number of aromatic nitrogens is 2. The van der Waals surface area contributed by atoms with E-state index in [1.807, 2.05) is 79.2 Å². The molecule has 0 spiro atoms. The van der Waals surface area contributed by atoms with Gasteiger partial charge in [-0.2, -0.15) is 0 Å². The Labute approximate surface area is 223 Å². The van der Waals surface area contributed by atoms with Gasteiger partial charge in [0.15, 0.2) is 0 Å². The zero-order chi connectivity index (χ0) is 27.1. The number of sulfonamides is 1. The Balaban J connectivity index is 1.58. The van der Waals surface area contributed by atoms with E-state index in [4.69, 9.17) is 4.74 Å². The first kappa shape index (κ1) is 26.9. The Bertz CT molecular complexity index is 1470. The first-order valence-corrected chi connectivity index (χ1v) is 13.9. The first-order chi connectivity index (χ1) is 18.2. The van der Waals surface area contributed by atoms with Crippen molar-refractivity contribution in [1.82, 2.24) is 19.6 Å². The molecule has 0 unspecified atom stereocenters. The van der Waals surface area contributed by atoms with Gasteiger partial charge in [0, 0.05) is 18.1 Å². The van der Waals surface area contributed by atoms with Crippen molar-refractivity contribution in [2.45, 2.75) is 50.7 Å². The number of carbonyl (C=O) groups is 1. The third-order valence-electron chi connectivity index (χ3n) is 5.95. The quantitative estimate of drug-likeness (QED) is 0.287. The van der Waals surface area contributed by atoms with Crippen molar-refractivity contribution in [2.24, 2.45) is 0 Å². The van der Waals surface area contributed by atoms with Crippen molar-refractivity contribution in [1.29, 1.82) is 0 Å². The van der Waals surface area contributed by atoms with Crippen molar-refractivity contribution in [3.05, 3.63) is 108 Å². The summed E-state index contributed by atoms with van der Waals surface area (Å²) >= 11 is 0. The molecule has 3 aromatic carbocycles. The molecule has 1 heterocycles. The Kier molecular flexibility index (Phi) is 8.48. The molecule has 0 aliphatic rings. The number of aryl methyl sites for hydroxylation is 2. The van der Waals surface area contributed by atoms with E-state index in [9.17, 15) is 13.2 Å². The maximum absolute atomic E-state index is 13.0. The number of amides is 2. The molecule has 9 heteroatoms. The summed E-state index contributed by atoms with van der Waals surface area (Å²) in [6.45, 7) is 5.62. The lowest BCUT2D eigenvalue weighted by Gasteiger charge is -2.21. The van der Waals surface area contributed by atoms with Crippen molar-refractivity contribution >= 4 is 16.1 Å². The van der Waals surface area contributed by atoms with E-state index in [-0.39, 0.29) is 11.0 Å². The van der Waals surface area contributed by atoms with E-state index < -0.39 is 22.1 Å². The van der Waals surface area contributed by atoms with Crippen molar-refractivity contribution in [2.75, 3.05) is 0 Å². The zero-order valence-corrected chi connectivity index (χ0v) is 22.5. The topological polar surface area (TPSA) is 102 Å². The van der Waals surface area contributed by atoms with Crippen LogP contribution in [0.5, 0.6) is 5.75 Å². The lowest BCUT2D eigenvalue weighted by molar-refractivity contribution is 0.240. The molecule has 1 aromatic heterocycles. The van der Waals surface area contributed by atoms with Crippen molar-refractivity contribution < 1.29 is 17.9 Å². The van der Waals surface area contributed by atoms with Crippen LogP contribution in [0, 0.1) is 6.92 Å². The molecule has 2 amide bonds. The predicted molar refractivity (Wildman–Crippen MR) is 147 cm³/mol. The molecule has 198 valence electrons. The maximum Gasteiger partial charge on any atom is 0.329 e. The van der Waals surface area contributed by atoms with Crippen LogP contribution in [0.15, 0.2) is 96.2 Å². The van der Waals surface area contributed by atoms with Crippen molar-refractivity contribution in [3.63, 3.8) is 0 Å². The average molecular weight is 533 g/mol. The van der Waals surface area contributed by atoms with Crippen LogP contribution in [0.1, 0.15) is 43.3 Å². The SMILES string of the molecule is Cc1ccccc1S(=O)(=O)NC(=O)N[C@@H](CCc1ccccc1)c1nccn1-c1ccc(OC(C)C)cc1.